The van der Waals surface area contributed by atoms with Crippen LogP contribution in [0.15, 0.2) is 90.6 Å². The zero-order valence-electron chi connectivity index (χ0n) is 17.5. The maximum atomic E-state index is 12.7. The standard InChI is InChI=1S/C25H26N4OS/c1-28(18-20-17-26-29(19-20)22-11-6-3-7-12-22)15-14-24(30)27-25(23-13-8-16-31-23)21-9-4-2-5-10-21/h2-13,16-17,19,25H,14-15,18H2,1H3,(H,27,30). The number of hydrogen-bond acceptors (Lipinski definition) is 4. The molecule has 5 nitrogen and oxygen atoms in total. The van der Waals surface area contributed by atoms with E-state index >= 15 is 0 Å². The van der Waals surface area contributed by atoms with Gasteiger partial charge in [-0.3, -0.25) is 4.79 Å². The van der Waals surface area contributed by atoms with Gasteiger partial charge in [-0.2, -0.15) is 5.10 Å². The van der Waals surface area contributed by atoms with Crippen molar-refractivity contribution in [1.82, 2.24) is 20.0 Å². The van der Waals surface area contributed by atoms with E-state index in [4.69, 9.17) is 0 Å². The third-order valence-electron chi connectivity index (χ3n) is 5.10. The molecule has 0 saturated heterocycles. The number of thiophene rings is 1. The van der Waals surface area contributed by atoms with Crippen LogP contribution in [0, 0.1) is 0 Å². The Morgan fingerprint density at radius 3 is 2.52 bits per heavy atom. The molecule has 1 unspecified atom stereocenters. The fraction of sp³-hybridized carbons (Fsp3) is 0.200. The van der Waals surface area contributed by atoms with Crippen LogP contribution in [0.3, 0.4) is 0 Å². The molecule has 6 heteroatoms. The second-order valence-corrected chi connectivity index (χ2v) is 8.52. The summed E-state index contributed by atoms with van der Waals surface area (Å²) < 4.78 is 1.88. The lowest BCUT2D eigenvalue weighted by Crippen LogP contribution is -2.31. The summed E-state index contributed by atoms with van der Waals surface area (Å²) >= 11 is 1.66. The van der Waals surface area contributed by atoms with Crippen LogP contribution in [-0.4, -0.2) is 34.2 Å². The molecule has 4 aromatic rings. The highest BCUT2D eigenvalue weighted by Crippen LogP contribution is 2.26. The molecule has 158 valence electrons. The van der Waals surface area contributed by atoms with Crippen molar-refractivity contribution in [2.75, 3.05) is 13.6 Å². The number of carbonyl (C=O) groups excluding carboxylic acids is 1. The molecule has 2 aromatic carbocycles. The molecule has 1 amide bonds. The quantitative estimate of drug-likeness (QED) is 0.420. The van der Waals surface area contributed by atoms with Crippen LogP contribution in [0.2, 0.25) is 0 Å². The predicted molar refractivity (Wildman–Crippen MR) is 125 cm³/mol. The van der Waals surface area contributed by atoms with E-state index in [0.29, 0.717) is 13.0 Å². The van der Waals surface area contributed by atoms with Gasteiger partial charge >= 0.3 is 0 Å². The van der Waals surface area contributed by atoms with E-state index in [1.165, 1.54) is 0 Å². The lowest BCUT2D eigenvalue weighted by Gasteiger charge is -2.20. The first-order chi connectivity index (χ1) is 15.2. The molecule has 1 N–H and O–H groups in total. The summed E-state index contributed by atoms with van der Waals surface area (Å²) in [6.45, 7) is 1.42. The Hall–Kier alpha value is -3.22. The van der Waals surface area contributed by atoms with Crippen LogP contribution >= 0.6 is 11.3 Å². The van der Waals surface area contributed by atoms with Gasteiger partial charge in [-0.1, -0.05) is 54.6 Å². The van der Waals surface area contributed by atoms with Crippen molar-refractivity contribution in [3.8, 4) is 5.69 Å². The van der Waals surface area contributed by atoms with E-state index in [-0.39, 0.29) is 11.9 Å². The van der Waals surface area contributed by atoms with Crippen LogP contribution in [-0.2, 0) is 11.3 Å². The fourth-order valence-electron chi connectivity index (χ4n) is 3.50. The molecular weight excluding hydrogens is 404 g/mol. The van der Waals surface area contributed by atoms with Crippen LogP contribution in [0.25, 0.3) is 5.69 Å². The number of hydrogen-bond donors (Lipinski definition) is 1. The van der Waals surface area contributed by atoms with Gasteiger partial charge < -0.3 is 10.2 Å². The number of nitrogens with one attached hydrogen (secondary N) is 1. The van der Waals surface area contributed by atoms with Crippen LogP contribution in [0.4, 0.5) is 0 Å². The molecule has 31 heavy (non-hydrogen) atoms. The average Bonchev–Trinajstić information content (AvgIpc) is 3.50. The minimum atomic E-state index is -0.108. The normalized spacial score (nSPS) is 12.1. The minimum Gasteiger partial charge on any atom is -0.344 e. The van der Waals surface area contributed by atoms with Crippen LogP contribution in [0.1, 0.15) is 28.5 Å². The zero-order valence-corrected chi connectivity index (χ0v) is 18.3. The van der Waals surface area contributed by atoms with Crippen molar-refractivity contribution >= 4 is 17.2 Å². The fourth-order valence-corrected chi connectivity index (χ4v) is 4.30. The molecule has 0 saturated carbocycles. The van der Waals surface area contributed by atoms with Gasteiger partial charge in [0.15, 0.2) is 0 Å². The Morgan fingerprint density at radius 2 is 1.81 bits per heavy atom. The van der Waals surface area contributed by atoms with E-state index in [1.54, 1.807) is 11.3 Å². The number of amides is 1. The number of carbonyl (C=O) groups is 1. The molecule has 0 aliphatic rings. The van der Waals surface area contributed by atoms with Crippen LogP contribution in [0.5, 0.6) is 0 Å². The van der Waals surface area contributed by atoms with E-state index < -0.39 is 0 Å². The van der Waals surface area contributed by atoms with Crippen molar-refractivity contribution in [2.45, 2.75) is 19.0 Å². The number of benzene rings is 2. The van der Waals surface area contributed by atoms with Gasteiger partial charge in [0.25, 0.3) is 0 Å². The molecule has 0 radical (unpaired) electrons. The second-order valence-electron chi connectivity index (χ2n) is 7.54. The van der Waals surface area contributed by atoms with E-state index in [9.17, 15) is 4.79 Å². The van der Waals surface area contributed by atoms with Gasteiger partial charge in [0.1, 0.15) is 0 Å². The number of nitrogens with zero attached hydrogens (tertiary/aromatic N) is 3. The van der Waals surface area contributed by atoms with Crippen LogP contribution < -0.4 is 5.32 Å². The van der Waals surface area contributed by atoms with Gasteiger partial charge in [-0.25, -0.2) is 4.68 Å². The van der Waals surface area contributed by atoms with Gasteiger partial charge in [0.2, 0.25) is 5.91 Å². The lowest BCUT2D eigenvalue weighted by atomic mass is 10.1. The Morgan fingerprint density at radius 1 is 1.06 bits per heavy atom. The Bertz CT molecular complexity index is 1080. The molecule has 1 atom stereocenters. The Kier molecular flexibility index (Phi) is 6.92. The third-order valence-corrected chi connectivity index (χ3v) is 6.03. The first-order valence-electron chi connectivity index (χ1n) is 10.3. The lowest BCUT2D eigenvalue weighted by molar-refractivity contribution is -0.121. The molecule has 0 fully saturated rings. The first-order valence-corrected chi connectivity index (χ1v) is 11.2. The van der Waals surface area contributed by atoms with E-state index in [0.717, 1.165) is 28.2 Å². The highest BCUT2D eigenvalue weighted by atomic mass is 32.1. The minimum absolute atomic E-state index is 0.0501. The van der Waals surface area contributed by atoms with Gasteiger partial charge in [0, 0.05) is 36.1 Å². The Balaban J connectivity index is 1.31. The first kappa shape index (κ1) is 21.0. The molecule has 0 bridgehead atoms. The summed E-state index contributed by atoms with van der Waals surface area (Å²) in [6, 6.07) is 24.1. The van der Waals surface area contributed by atoms with Gasteiger partial charge in [-0.05, 0) is 36.2 Å². The number of para-hydroxylation sites is 1. The predicted octanol–water partition coefficient (Wildman–Crippen LogP) is 4.66. The SMILES string of the molecule is CN(CCC(=O)NC(c1ccccc1)c1cccs1)Cc1cnn(-c2ccccc2)c1. The summed E-state index contributed by atoms with van der Waals surface area (Å²) in [5, 5.41) is 9.70. The number of rotatable bonds is 9. The van der Waals surface area contributed by atoms with Gasteiger partial charge in [0.05, 0.1) is 17.9 Å². The summed E-state index contributed by atoms with van der Waals surface area (Å²) in [6.07, 6.45) is 4.36. The van der Waals surface area contributed by atoms with E-state index in [1.807, 2.05) is 84.1 Å². The van der Waals surface area contributed by atoms with Crippen molar-refractivity contribution < 1.29 is 4.79 Å². The Labute approximate surface area is 187 Å². The molecule has 4 rings (SSSR count). The molecule has 2 aromatic heterocycles. The summed E-state index contributed by atoms with van der Waals surface area (Å²) in [7, 11) is 2.03. The third kappa shape index (κ3) is 5.69. The highest BCUT2D eigenvalue weighted by molar-refractivity contribution is 7.10. The zero-order chi connectivity index (χ0) is 21.5. The molecule has 0 spiro atoms. The van der Waals surface area contributed by atoms with Crippen molar-refractivity contribution in [3.63, 3.8) is 0 Å². The van der Waals surface area contributed by atoms with Crippen molar-refractivity contribution in [2.24, 2.45) is 0 Å². The maximum absolute atomic E-state index is 12.7. The topological polar surface area (TPSA) is 50.2 Å². The van der Waals surface area contributed by atoms with Crippen molar-refractivity contribution in [3.05, 3.63) is 107 Å². The smallest absolute Gasteiger partial charge is 0.222 e. The summed E-state index contributed by atoms with van der Waals surface area (Å²) in [4.78, 5) is 16.0. The highest BCUT2D eigenvalue weighted by Gasteiger charge is 2.18. The monoisotopic (exact) mass is 430 g/mol. The largest absolute Gasteiger partial charge is 0.344 e. The second kappa shape index (κ2) is 10.2. The maximum Gasteiger partial charge on any atom is 0.222 e. The number of aromatic nitrogens is 2. The summed E-state index contributed by atoms with van der Waals surface area (Å²) in [5.41, 5.74) is 3.25. The molecule has 0 aliphatic carbocycles. The molecular formula is C25H26N4OS. The molecule has 0 aliphatic heterocycles. The van der Waals surface area contributed by atoms with Gasteiger partial charge in [-0.15, -0.1) is 11.3 Å². The summed E-state index contributed by atoms with van der Waals surface area (Å²) in [5.74, 6) is 0.0501. The van der Waals surface area contributed by atoms with E-state index in [2.05, 4.69) is 33.5 Å². The average molecular weight is 431 g/mol. The van der Waals surface area contributed by atoms with Crippen molar-refractivity contribution in [1.29, 1.82) is 0 Å². The molecule has 2 heterocycles.